The average Bonchev–Trinajstić information content (AvgIpc) is 3.33. The molecule has 6 saturated heterocycles. The maximum Gasteiger partial charge on any atom is 0.217 e. The first kappa shape index (κ1) is 58.1. The van der Waals surface area contributed by atoms with Crippen LogP contribution >= 0.6 is 0 Å². The van der Waals surface area contributed by atoms with E-state index >= 15 is 0 Å². The number of aliphatic hydroxyl groups excluding tert-OH is 16. The Morgan fingerprint density at radius 2 is 0.775 bits per heavy atom. The number of carbonyl (C=O) groups excluding carboxylic acids is 2. The lowest BCUT2D eigenvalue weighted by molar-refractivity contribution is -0.400. The second-order valence-corrected chi connectivity index (χ2v) is 18.2. The summed E-state index contributed by atoms with van der Waals surface area (Å²) in [5, 5.41) is 177. The third-order valence-corrected chi connectivity index (χ3v) is 13.2. The zero-order valence-electron chi connectivity index (χ0n) is 38.6. The second-order valence-electron chi connectivity index (χ2n) is 18.2. The summed E-state index contributed by atoms with van der Waals surface area (Å²) >= 11 is 0. The predicted molar refractivity (Wildman–Crippen MR) is 220 cm³/mol. The van der Waals surface area contributed by atoms with Gasteiger partial charge in [0, 0.05) is 13.8 Å². The minimum atomic E-state index is -2.19. The molecule has 30 atom stereocenters. The Kier molecular flexibility index (Phi) is 20.2. The summed E-state index contributed by atoms with van der Waals surface area (Å²) in [5.74, 6) is -1.60. The standard InChI is InChI=1S/C40H68N2O29/c1-9-19(49)24(54)27(57)37(61-9)69-32-18(42-12(4)48)36(70-33-22(52)14(6-44)64-39(29(33)59)67-30-15(7-45)63-35(60)17(23(30)53)41-11(3)47)66-16(8-46)31(32)68-40-34(26(56)21(51)13(5-43)65-40)71-38-28(58)25(55)20(50)10(2)62-38/h9-10,13-40,43-46,49-60H,5-8H2,1-4H3,(H,41,47)(H,42,48)/t9-,10-,13+,14+,15+,16+,17+,18+,19+,20+,21-,22-,23+,24+,25+,26-,27-,28-,29+,30+,31+,32+,33-,34+,35?,36-,37-,38-,39-,40-/m0/s1. The maximum atomic E-state index is 13.1. The van der Waals surface area contributed by atoms with E-state index in [0.29, 0.717) is 0 Å². The van der Waals surface area contributed by atoms with E-state index in [2.05, 4.69) is 10.6 Å². The number of amides is 2. The molecule has 6 aliphatic heterocycles. The smallest absolute Gasteiger partial charge is 0.217 e. The molecule has 6 heterocycles. The molecule has 0 aromatic rings. The summed E-state index contributed by atoms with van der Waals surface area (Å²) in [6, 6.07) is -3.39. The van der Waals surface area contributed by atoms with Gasteiger partial charge in [-0.05, 0) is 13.8 Å². The molecule has 6 aliphatic rings. The molecule has 6 rings (SSSR count). The van der Waals surface area contributed by atoms with Gasteiger partial charge >= 0.3 is 0 Å². The van der Waals surface area contributed by atoms with Crippen LogP contribution in [0.4, 0.5) is 0 Å². The summed E-state index contributed by atoms with van der Waals surface area (Å²) in [5.41, 5.74) is 0. The maximum absolute atomic E-state index is 13.1. The van der Waals surface area contributed by atoms with Gasteiger partial charge in [0.2, 0.25) is 11.8 Å². The van der Waals surface area contributed by atoms with Crippen LogP contribution in [0.2, 0.25) is 0 Å². The monoisotopic (exact) mass is 1040 g/mol. The van der Waals surface area contributed by atoms with Crippen LogP contribution < -0.4 is 10.6 Å². The summed E-state index contributed by atoms with van der Waals surface area (Å²) in [7, 11) is 0. The lowest BCUT2D eigenvalue weighted by Gasteiger charge is -2.52. The molecule has 0 aliphatic carbocycles. The molecule has 6 fully saturated rings. The van der Waals surface area contributed by atoms with Crippen molar-refractivity contribution in [1.29, 1.82) is 0 Å². The van der Waals surface area contributed by atoms with Crippen LogP contribution in [0.3, 0.4) is 0 Å². The Balaban J connectivity index is 1.36. The molecule has 412 valence electrons. The van der Waals surface area contributed by atoms with Crippen molar-refractivity contribution in [2.24, 2.45) is 0 Å². The molecular weight excluding hydrogens is 972 g/mol. The molecule has 0 aromatic carbocycles. The van der Waals surface area contributed by atoms with Crippen LogP contribution in [0, 0.1) is 0 Å². The van der Waals surface area contributed by atoms with Gasteiger partial charge in [0.1, 0.15) is 134 Å². The number of hydrogen-bond acceptors (Lipinski definition) is 29. The summed E-state index contributed by atoms with van der Waals surface area (Å²) in [6.07, 6.45) is -51.7. The number of rotatable bonds is 16. The zero-order valence-corrected chi connectivity index (χ0v) is 38.6. The first-order valence-electron chi connectivity index (χ1n) is 22.8. The highest BCUT2D eigenvalue weighted by Crippen LogP contribution is 2.38. The summed E-state index contributed by atoms with van der Waals surface area (Å²) < 4.78 is 64.5. The van der Waals surface area contributed by atoms with Crippen molar-refractivity contribution in [3.05, 3.63) is 0 Å². The first-order valence-corrected chi connectivity index (χ1v) is 22.8. The number of nitrogens with one attached hydrogen (secondary N) is 2. The topological polar surface area (TPSA) is 483 Å². The minimum absolute atomic E-state index is 0.718. The van der Waals surface area contributed by atoms with Crippen LogP contribution in [0.5, 0.6) is 0 Å². The Hall–Kier alpha value is -2.14. The Labute approximate surface area is 403 Å². The summed E-state index contributed by atoms with van der Waals surface area (Å²) in [4.78, 5) is 25.0. The molecule has 71 heavy (non-hydrogen) atoms. The van der Waals surface area contributed by atoms with Gasteiger partial charge in [0.15, 0.2) is 37.7 Å². The minimum Gasteiger partial charge on any atom is -0.394 e. The molecule has 2 amide bonds. The molecule has 0 aromatic heterocycles. The molecule has 0 radical (unpaired) electrons. The highest BCUT2D eigenvalue weighted by molar-refractivity contribution is 5.73. The van der Waals surface area contributed by atoms with Crippen molar-refractivity contribution in [3.8, 4) is 0 Å². The van der Waals surface area contributed by atoms with Gasteiger partial charge in [0.25, 0.3) is 0 Å². The third kappa shape index (κ3) is 12.4. The number of hydrogen-bond donors (Lipinski definition) is 18. The van der Waals surface area contributed by atoms with E-state index in [1.165, 1.54) is 13.8 Å². The predicted octanol–water partition coefficient (Wildman–Crippen LogP) is -11.8. The van der Waals surface area contributed by atoms with Crippen molar-refractivity contribution in [2.75, 3.05) is 26.4 Å². The largest absolute Gasteiger partial charge is 0.394 e. The van der Waals surface area contributed by atoms with E-state index in [9.17, 15) is 91.3 Å². The van der Waals surface area contributed by atoms with Crippen molar-refractivity contribution in [3.63, 3.8) is 0 Å². The van der Waals surface area contributed by atoms with Gasteiger partial charge in [0.05, 0.1) is 38.6 Å². The highest BCUT2D eigenvalue weighted by atomic mass is 16.8. The average molecular weight is 1040 g/mol. The zero-order chi connectivity index (χ0) is 52.5. The van der Waals surface area contributed by atoms with Crippen molar-refractivity contribution in [1.82, 2.24) is 10.6 Å². The van der Waals surface area contributed by atoms with E-state index in [4.69, 9.17) is 52.1 Å². The molecular formula is C40H68N2O29. The Morgan fingerprint density at radius 1 is 0.366 bits per heavy atom. The van der Waals surface area contributed by atoms with E-state index in [-0.39, 0.29) is 0 Å². The third-order valence-electron chi connectivity index (χ3n) is 13.2. The van der Waals surface area contributed by atoms with Crippen LogP contribution in [-0.4, -0.2) is 304 Å². The van der Waals surface area contributed by atoms with E-state index in [1.54, 1.807) is 0 Å². The van der Waals surface area contributed by atoms with Crippen LogP contribution in [-0.2, 0) is 61.7 Å². The lowest BCUT2D eigenvalue weighted by atomic mass is 9.93. The van der Waals surface area contributed by atoms with Gasteiger partial charge in [-0.2, -0.15) is 0 Å². The van der Waals surface area contributed by atoms with Gasteiger partial charge in [-0.15, -0.1) is 0 Å². The molecule has 0 saturated carbocycles. The lowest BCUT2D eigenvalue weighted by Crippen LogP contribution is -2.71. The number of aliphatic hydroxyl groups is 16. The van der Waals surface area contributed by atoms with Crippen molar-refractivity contribution >= 4 is 11.8 Å². The Morgan fingerprint density at radius 3 is 1.30 bits per heavy atom. The fraction of sp³-hybridized carbons (Fsp3) is 0.950. The normalized spacial score (nSPS) is 50.8. The van der Waals surface area contributed by atoms with Crippen LogP contribution in [0.25, 0.3) is 0 Å². The number of carbonyl (C=O) groups is 2. The summed E-state index contributed by atoms with van der Waals surface area (Å²) in [6.45, 7) is 0.708. The van der Waals surface area contributed by atoms with Gasteiger partial charge in [-0.1, -0.05) is 0 Å². The molecule has 31 nitrogen and oxygen atoms in total. The molecule has 18 N–H and O–H groups in total. The second kappa shape index (κ2) is 24.7. The van der Waals surface area contributed by atoms with E-state index < -0.39 is 222 Å². The quantitative estimate of drug-likeness (QED) is 0.0682. The molecule has 0 spiro atoms. The van der Waals surface area contributed by atoms with Crippen molar-refractivity contribution < 1.29 is 143 Å². The fourth-order valence-electron chi connectivity index (χ4n) is 9.18. The van der Waals surface area contributed by atoms with Gasteiger partial charge < -0.3 is 144 Å². The van der Waals surface area contributed by atoms with E-state index in [1.807, 2.05) is 0 Å². The molecule has 0 bridgehead atoms. The number of ether oxygens (including phenoxy) is 11. The Bertz CT molecular complexity index is 1710. The van der Waals surface area contributed by atoms with Gasteiger partial charge in [-0.25, -0.2) is 0 Å². The van der Waals surface area contributed by atoms with Crippen LogP contribution in [0.15, 0.2) is 0 Å². The first-order chi connectivity index (χ1) is 33.5. The van der Waals surface area contributed by atoms with Gasteiger partial charge in [-0.3, -0.25) is 9.59 Å². The van der Waals surface area contributed by atoms with Crippen molar-refractivity contribution in [2.45, 2.75) is 212 Å². The van der Waals surface area contributed by atoms with E-state index in [0.717, 1.165) is 13.8 Å². The molecule has 1 unspecified atom stereocenters. The highest BCUT2D eigenvalue weighted by Gasteiger charge is 2.59. The fourth-order valence-corrected chi connectivity index (χ4v) is 9.18. The SMILES string of the molecule is CC(=O)N[C@H]1[C@H](O[C@H]2[C@@H](O)[C@@H](CO)O[C@@H](O[C@H]3[C@H](O)[C@@H](NC(C)=O)C(O)O[C@@H]3CO)[C@@H]2O)O[C@H](CO)[C@@H](O[C@@H]2O[C@H](CO)[C@H](O)[C@H](O)[C@H]2O[C@@H]2O[C@@H](C)[C@@H](O)[C@@H](O)[C@@H]2O)[C@@H]1O[C@@H]1O[C@@H](C)[C@@H](O)[C@@H](O)[C@@H]1O. The molecule has 31 heteroatoms. The van der Waals surface area contributed by atoms with Crippen LogP contribution in [0.1, 0.15) is 27.7 Å².